The van der Waals surface area contributed by atoms with Crippen LogP contribution in [0.15, 0.2) is 23.1 Å². The van der Waals surface area contributed by atoms with Gasteiger partial charge in [0.2, 0.25) is 10.0 Å². The fourth-order valence-electron chi connectivity index (χ4n) is 2.47. The molecule has 116 valence electrons. The number of methoxy groups -OCH3 is 1. The van der Waals surface area contributed by atoms with Crippen molar-refractivity contribution in [3.05, 3.63) is 28.8 Å². The van der Waals surface area contributed by atoms with Gasteiger partial charge in [-0.25, -0.2) is 13.1 Å². The van der Waals surface area contributed by atoms with Crippen molar-refractivity contribution < 1.29 is 13.2 Å². The summed E-state index contributed by atoms with van der Waals surface area (Å²) in [5.74, 6) is 0. The summed E-state index contributed by atoms with van der Waals surface area (Å²) in [4.78, 5) is 0.106. The first-order chi connectivity index (χ1) is 9.85. The standard InChI is InChI=1S/C13H17ClN2O3S2/c1-19-11-4-2-3-10(11)16-21(17,18)12-7-8(13(15)20)5-6-9(12)14/h5-7,10-11,16H,2-4H2,1H3,(H2,15,20). The van der Waals surface area contributed by atoms with Crippen LogP contribution < -0.4 is 10.5 Å². The molecule has 2 atom stereocenters. The Morgan fingerprint density at radius 3 is 2.81 bits per heavy atom. The molecule has 0 aromatic heterocycles. The Bertz CT molecular complexity index is 649. The molecule has 5 nitrogen and oxygen atoms in total. The summed E-state index contributed by atoms with van der Waals surface area (Å²) in [5, 5.41) is 0.134. The van der Waals surface area contributed by atoms with E-state index in [-0.39, 0.29) is 27.1 Å². The Morgan fingerprint density at radius 1 is 1.48 bits per heavy atom. The maximum atomic E-state index is 12.5. The van der Waals surface area contributed by atoms with E-state index < -0.39 is 10.0 Å². The predicted octanol–water partition coefficient (Wildman–Crippen LogP) is 1.82. The molecular formula is C13H17ClN2O3S2. The number of sulfonamides is 1. The van der Waals surface area contributed by atoms with Crippen molar-refractivity contribution in [3.8, 4) is 0 Å². The molecule has 0 heterocycles. The van der Waals surface area contributed by atoms with Gasteiger partial charge in [0.25, 0.3) is 0 Å². The van der Waals surface area contributed by atoms with Crippen molar-refractivity contribution in [2.45, 2.75) is 36.3 Å². The number of ether oxygens (including phenoxy) is 1. The molecule has 1 aromatic rings. The van der Waals surface area contributed by atoms with Gasteiger partial charge in [-0.05, 0) is 31.4 Å². The fraction of sp³-hybridized carbons (Fsp3) is 0.462. The van der Waals surface area contributed by atoms with Crippen LogP contribution in [0.2, 0.25) is 5.02 Å². The first kappa shape index (κ1) is 16.6. The lowest BCUT2D eigenvalue weighted by Crippen LogP contribution is -2.40. The molecule has 1 fully saturated rings. The maximum Gasteiger partial charge on any atom is 0.242 e. The Labute approximate surface area is 134 Å². The lowest BCUT2D eigenvalue weighted by atomic mass is 10.2. The summed E-state index contributed by atoms with van der Waals surface area (Å²) in [6, 6.07) is 4.22. The highest BCUT2D eigenvalue weighted by atomic mass is 35.5. The summed E-state index contributed by atoms with van der Waals surface area (Å²) in [6.07, 6.45) is 2.39. The number of thiocarbonyl (C=S) groups is 1. The number of benzene rings is 1. The fourth-order valence-corrected chi connectivity index (χ4v) is 4.42. The van der Waals surface area contributed by atoms with Crippen LogP contribution >= 0.6 is 23.8 Å². The second kappa shape index (κ2) is 6.58. The van der Waals surface area contributed by atoms with Crippen LogP contribution in [0.1, 0.15) is 24.8 Å². The number of nitrogens with one attached hydrogen (secondary N) is 1. The molecule has 0 radical (unpaired) electrons. The summed E-state index contributed by atoms with van der Waals surface area (Å²) in [5.41, 5.74) is 6.00. The minimum Gasteiger partial charge on any atom is -0.389 e. The second-order valence-electron chi connectivity index (χ2n) is 4.94. The zero-order valence-corrected chi connectivity index (χ0v) is 13.9. The van der Waals surface area contributed by atoms with Gasteiger partial charge in [0.05, 0.1) is 11.1 Å². The SMILES string of the molecule is COC1CCCC1NS(=O)(=O)c1cc(C(N)=S)ccc1Cl. The third-order valence-corrected chi connectivity index (χ3v) is 5.77. The Balaban J connectivity index is 2.31. The van der Waals surface area contributed by atoms with Crippen LogP contribution in [0.5, 0.6) is 0 Å². The van der Waals surface area contributed by atoms with E-state index in [1.807, 2.05) is 0 Å². The number of halogens is 1. The van der Waals surface area contributed by atoms with Gasteiger partial charge >= 0.3 is 0 Å². The highest BCUT2D eigenvalue weighted by Crippen LogP contribution is 2.26. The quantitative estimate of drug-likeness (QED) is 0.793. The van der Waals surface area contributed by atoms with E-state index in [1.54, 1.807) is 13.2 Å². The van der Waals surface area contributed by atoms with Gasteiger partial charge < -0.3 is 10.5 Å². The van der Waals surface area contributed by atoms with E-state index in [1.165, 1.54) is 12.1 Å². The lowest BCUT2D eigenvalue weighted by molar-refractivity contribution is 0.0916. The molecule has 1 aliphatic rings. The highest BCUT2D eigenvalue weighted by Gasteiger charge is 2.32. The molecule has 3 N–H and O–H groups in total. The number of hydrogen-bond acceptors (Lipinski definition) is 4. The van der Waals surface area contributed by atoms with Crippen molar-refractivity contribution >= 4 is 38.8 Å². The van der Waals surface area contributed by atoms with Crippen LogP contribution in [0.4, 0.5) is 0 Å². The third-order valence-electron chi connectivity index (χ3n) is 3.57. The molecule has 0 amide bonds. The first-order valence-electron chi connectivity index (χ1n) is 6.49. The molecule has 0 bridgehead atoms. The van der Waals surface area contributed by atoms with E-state index in [0.717, 1.165) is 19.3 Å². The van der Waals surface area contributed by atoms with Crippen molar-refractivity contribution in [3.63, 3.8) is 0 Å². The largest absolute Gasteiger partial charge is 0.389 e. The van der Waals surface area contributed by atoms with Crippen LogP contribution in [-0.4, -0.2) is 32.7 Å². The molecule has 2 unspecified atom stereocenters. The average Bonchev–Trinajstić information content (AvgIpc) is 2.85. The molecule has 1 saturated carbocycles. The molecule has 1 aliphatic carbocycles. The van der Waals surface area contributed by atoms with Gasteiger partial charge in [-0.2, -0.15) is 0 Å². The molecular weight excluding hydrogens is 332 g/mol. The second-order valence-corrected chi connectivity index (χ2v) is 7.47. The molecule has 0 saturated heterocycles. The zero-order chi connectivity index (χ0) is 15.6. The van der Waals surface area contributed by atoms with E-state index in [2.05, 4.69) is 4.72 Å². The van der Waals surface area contributed by atoms with Crippen molar-refractivity contribution in [2.75, 3.05) is 7.11 Å². The van der Waals surface area contributed by atoms with Crippen molar-refractivity contribution in [1.29, 1.82) is 0 Å². The molecule has 1 aromatic carbocycles. The zero-order valence-electron chi connectivity index (χ0n) is 11.5. The summed E-state index contributed by atoms with van der Waals surface area (Å²) in [6.45, 7) is 0. The molecule has 0 spiro atoms. The van der Waals surface area contributed by atoms with Crippen LogP contribution in [-0.2, 0) is 14.8 Å². The molecule has 21 heavy (non-hydrogen) atoms. The Kier molecular flexibility index (Phi) is 5.21. The van der Waals surface area contributed by atoms with Crippen LogP contribution in [0.25, 0.3) is 0 Å². The Hall–Kier alpha value is -0.730. The van der Waals surface area contributed by atoms with Gasteiger partial charge in [0.1, 0.15) is 9.88 Å². The number of nitrogens with two attached hydrogens (primary N) is 1. The van der Waals surface area contributed by atoms with Gasteiger partial charge in [0, 0.05) is 18.7 Å². The normalized spacial score (nSPS) is 22.4. The summed E-state index contributed by atoms with van der Waals surface area (Å²) < 4.78 is 33.0. The smallest absolute Gasteiger partial charge is 0.242 e. The number of hydrogen-bond donors (Lipinski definition) is 2. The van der Waals surface area contributed by atoms with Gasteiger partial charge in [-0.3, -0.25) is 0 Å². The van der Waals surface area contributed by atoms with E-state index in [4.69, 9.17) is 34.3 Å². The van der Waals surface area contributed by atoms with Crippen LogP contribution in [0.3, 0.4) is 0 Å². The Morgan fingerprint density at radius 2 is 2.19 bits per heavy atom. The minimum absolute atomic E-state index is 0.0174. The van der Waals surface area contributed by atoms with Gasteiger partial charge in [0.15, 0.2) is 0 Å². The topological polar surface area (TPSA) is 81.4 Å². The van der Waals surface area contributed by atoms with Crippen LogP contribution in [0, 0.1) is 0 Å². The monoisotopic (exact) mass is 348 g/mol. The van der Waals surface area contributed by atoms with E-state index >= 15 is 0 Å². The minimum atomic E-state index is -3.75. The van der Waals surface area contributed by atoms with E-state index in [0.29, 0.717) is 5.56 Å². The van der Waals surface area contributed by atoms with Crippen molar-refractivity contribution in [1.82, 2.24) is 4.72 Å². The third kappa shape index (κ3) is 3.73. The predicted molar refractivity (Wildman–Crippen MR) is 86.1 cm³/mol. The number of rotatable bonds is 5. The summed E-state index contributed by atoms with van der Waals surface area (Å²) >= 11 is 10.9. The van der Waals surface area contributed by atoms with Crippen molar-refractivity contribution in [2.24, 2.45) is 5.73 Å². The first-order valence-corrected chi connectivity index (χ1v) is 8.76. The molecule has 0 aliphatic heterocycles. The lowest BCUT2D eigenvalue weighted by Gasteiger charge is -2.20. The molecule has 8 heteroatoms. The molecule has 2 rings (SSSR count). The summed E-state index contributed by atoms with van der Waals surface area (Å²) in [7, 11) is -2.17. The maximum absolute atomic E-state index is 12.5. The average molecular weight is 349 g/mol. The van der Waals surface area contributed by atoms with Gasteiger partial charge in [-0.1, -0.05) is 29.9 Å². The highest BCUT2D eigenvalue weighted by molar-refractivity contribution is 7.89. The van der Waals surface area contributed by atoms with Gasteiger partial charge in [-0.15, -0.1) is 0 Å². The van der Waals surface area contributed by atoms with E-state index in [9.17, 15) is 8.42 Å².